The van der Waals surface area contributed by atoms with Gasteiger partial charge in [-0.1, -0.05) is 19.3 Å². The molecule has 0 unspecified atom stereocenters. The van der Waals surface area contributed by atoms with Crippen LogP contribution in [0.5, 0.6) is 5.75 Å². The van der Waals surface area contributed by atoms with Gasteiger partial charge < -0.3 is 24.8 Å². The van der Waals surface area contributed by atoms with Crippen LogP contribution in [0, 0.1) is 11.6 Å². The Morgan fingerprint density at radius 2 is 1.67 bits per heavy atom. The lowest BCUT2D eigenvalue weighted by Crippen LogP contribution is -2.51. The molecule has 4 atom stereocenters. The van der Waals surface area contributed by atoms with Gasteiger partial charge in [0.2, 0.25) is 0 Å². The molecule has 1 aromatic rings. The molecule has 27 heavy (non-hydrogen) atoms. The van der Waals surface area contributed by atoms with Crippen LogP contribution in [-0.4, -0.2) is 49.6 Å². The zero-order valence-corrected chi connectivity index (χ0v) is 15.0. The summed E-state index contributed by atoms with van der Waals surface area (Å²) in [4.78, 5) is 12.3. The van der Waals surface area contributed by atoms with Crippen molar-refractivity contribution in [2.75, 3.05) is 13.2 Å². The second-order valence-corrected chi connectivity index (χ2v) is 7.42. The summed E-state index contributed by atoms with van der Waals surface area (Å²) in [6.45, 7) is 0.542. The summed E-state index contributed by atoms with van der Waals surface area (Å²) in [5.41, 5.74) is 0. The zero-order chi connectivity index (χ0) is 18.8. The summed E-state index contributed by atoms with van der Waals surface area (Å²) < 4.78 is 43.8. The monoisotopic (exact) mass is 382 g/mol. The molecule has 2 amide bonds. The minimum Gasteiger partial charge on any atom is -0.485 e. The number of ether oxygens (including phenoxy) is 3. The highest BCUT2D eigenvalue weighted by Gasteiger charge is 2.49. The standard InChI is InChI=1S/C19H24F2N2O4/c20-11-6-12(21)8-14(7-11)27-16-10-26-17-15(9-25-18(16)17)23-19(24)22-13-4-2-1-3-5-13/h6-8,13,15-18H,1-5,9-10H2,(H2,22,23,24)/t15-,16-,17+,18+/m0/s1. The molecule has 2 aliphatic heterocycles. The molecule has 0 bridgehead atoms. The minimum absolute atomic E-state index is 0.0943. The highest BCUT2D eigenvalue weighted by Crippen LogP contribution is 2.30. The Hall–Kier alpha value is -1.93. The Balaban J connectivity index is 1.31. The van der Waals surface area contributed by atoms with E-state index in [-0.39, 0.29) is 36.6 Å². The minimum atomic E-state index is -0.702. The Labute approximate surface area is 156 Å². The van der Waals surface area contributed by atoms with Crippen LogP contribution in [0.4, 0.5) is 13.6 Å². The third-order valence-electron chi connectivity index (χ3n) is 5.39. The molecule has 1 aliphatic carbocycles. The molecular formula is C19H24F2N2O4. The lowest BCUT2D eigenvalue weighted by atomic mass is 9.96. The van der Waals surface area contributed by atoms with Gasteiger partial charge in [-0.25, -0.2) is 13.6 Å². The van der Waals surface area contributed by atoms with E-state index in [2.05, 4.69) is 10.6 Å². The van der Waals surface area contributed by atoms with Crippen molar-refractivity contribution >= 4 is 6.03 Å². The molecule has 3 fully saturated rings. The molecule has 1 saturated carbocycles. The molecule has 0 aromatic heterocycles. The fourth-order valence-electron chi connectivity index (χ4n) is 4.10. The summed E-state index contributed by atoms with van der Waals surface area (Å²) in [5, 5.41) is 5.94. The SMILES string of the molecule is O=C(NC1CCCCC1)N[C@H]1CO[C@H]2[C@@H]1OC[C@@H]2Oc1cc(F)cc(F)c1. The van der Waals surface area contributed by atoms with Crippen molar-refractivity contribution < 1.29 is 27.8 Å². The predicted octanol–water partition coefficient (Wildman–Crippen LogP) is 2.51. The highest BCUT2D eigenvalue weighted by molar-refractivity contribution is 5.74. The van der Waals surface area contributed by atoms with E-state index in [1.54, 1.807) is 0 Å². The van der Waals surface area contributed by atoms with Gasteiger partial charge in [0, 0.05) is 24.2 Å². The van der Waals surface area contributed by atoms with Gasteiger partial charge in [0.25, 0.3) is 0 Å². The number of amides is 2. The maximum atomic E-state index is 13.3. The molecule has 2 heterocycles. The molecule has 4 rings (SSSR count). The third-order valence-corrected chi connectivity index (χ3v) is 5.39. The second-order valence-electron chi connectivity index (χ2n) is 7.42. The van der Waals surface area contributed by atoms with Gasteiger partial charge in [0.15, 0.2) is 6.10 Å². The van der Waals surface area contributed by atoms with Crippen LogP contribution in [0.25, 0.3) is 0 Å². The predicted molar refractivity (Wildman–Crippen MR) is 92.6 cm³/mol. The first-order chi connectivity index (χ1) is 13.1. The van der Waals surface area contributed by atoms with Gasteiger partial charge in [-0.05, 0) is 12.8 Å². The van der Waals surface area contributed by atoms with E-state index < -0.39 is 23.8 Å². The molecule has 3 aliphatic rings. The van der Waals surface area contributed by atoms with Gasteiger partial charge in [-0.2, -0.15) is 0 Å². The van der Waals surface area contributed by atoms with Crippen LogP contribution < -0.4 is 15.4 Å². The van der Waals surface area contributed by atoms with Crippen molar-refractivity contribution in [2.24, 2.45) is 0 Å². The molecule has 2 N–H and O–H groups in total. The molecule has 6 nitrogen and oxygen atoms in total. The van der Waals surface area contributed by atoms with Gasteiger partial charge in [0.1, 0.15) is 29.6 Å². The van der Waals surface area contributed by atoms with Gasteiger partial charge in [-0.15, -0.1) is 0 Å². The van der Waals surface area contributed by atoms with E-state index >= 15 is 0 Å². The number of nitrogens with one attached hydrogen (secondary N) is 2. The first kappa shape index (κ1) is 18.4. The summed E-state index contributed by atoms with van der Waals surface area (Å²) in [6, 6.07) is 2.77. The molecule has 1 aromatic carbocycles. The number of benzene rings is 1. The molecule has 148 valence electrons. The summed E-state index contributed by atoms with van der Waals surface area (Å²) >= 11 is 0. The van der Waals surface area contributed by atoms with E-state index in [9.17, 15) is 13.6 Å². The quantitative estimate of drug-likeness (QED) is 0.840. The average molecular weight is 382 g/mol. The van der Waals surface area contributed by atoms with Crippen molar-refractivity contribution in [1.29, 1.82) is 0 Å². The van der Waals surface area contributed by atoms with Gasteiger partial charge in [0.05, 0.1) is 19.3 Å². The Bertz CT molecular complexity index is 663. The second kappa shape index (κ2) is 7.98. The largest absolute Gasteiger partial charge is 0.485 e. The number of hydrogen-bond donors (Lipinski definition) is 2. The van der Waals surface area contributed by atoms with Crippen molar-refractivity contribution in [3.63, 3.8) is 0 Å². The van der Waals surface area contributed by atoms with Gasteiger partial charge >= 0.3 is 6.03 Å². The maximum absolute atomic E-state index is 13.3. The number of hydrogen-bond acceptors (Lipinski definition) is 4. The Morgan fingerprint density at radius 1 is 0.963 bits per heavy atom. The van der Waals surface area contributed by atoms with E-state index in [4.69, 9.17) is 14.2 Å². The Morgan fingerprint density at radius 3 is 2.41 bits per heavy atom. The number of carbonyl (C=O) groups is 1. The number of halogens is 2. The van der Waals surface area contributed by atoms with Gasteiger partial charge in [-0.3, -0.25) is 0 Å². The van der Waals surface area contributed by atoms with E-state index in [0.717, 1.165) is 43.9 Å². The molecule has 8 heteroatoms. The fraction of sp³-hybridized carbons (Fsp3) is 0.632. The first-order valence-electron chi connectivity index (χ1n) is 9.51. The molecular weight excluding hydrogens is 358 g/mol. The zero-order valence-electron chi connectivity index (χ0n) is 15.0. The van der Waals surface area contributed by atoms with Crippen molar-refractivity contribution in [2.45, 2.75) is 62.5 Å². The number of carbonyl (C=O) groups excluding carboxylic acids is 1. The fourth-order valence-corrected chi connectivity index (χ4v) is 4.10. The van der Waals surface area contributed by atoms with Crippen molar-refractivity contribution in [3.8, 4) is 5.75 Å². The van der Waals surface area contributed by atoms with Crippen LogP contribution in [0.1, 0.15) is 32.1 Å². The number of urea groups is 1. The van der Waals surface area contributed by atoms with Crippen LogP contribution >= 0.6 is 0 Å². The Kier molecular flexibility index (Phi) is 5.45. The summed E-state index contributed by atoms with van der Waals surface area (Å²) in [5.74, 6) is -1.31. The van der Waals surface area contributed by atoms with Crippen LogP contribution in [-0.2, 0) is 9.47 Å². The average Bonchev–Trinajstić information content (AvgIpc) is 3.19. The van der Waals surface area contributed by atoms with E-state index in [1.165, 1.54) is 6.42 Å². The van der Waals surface area contributed by atoms with E-state index in [1.807, 2.05) is 0 Å². The maximum Gasteiger partial charge on any atom is 0.315 e. The third kappa shape index (κ3) is 4.32. The van der Waals surface area contributed by atoms with Crippen LogP contribution in [0.15, 0.2) is 18.2 Å². The highest BCUT2D eigenvalue weighted by atomic mass is 19.1. The summed E-state index contributed by atoms with van der Waals surface area (Å²) in [6.07, 6.45) is 4.32. The lowest BCUT2D eigenvalue weighted by molar-refractivity contribution is 0.0301. The van der Waals surface area contributed by atoms with Crippen molar-refractivity contribution in [3.05, 3.63) is 29.8 Å². The van der Waals surface area contributed by atoms with Crippen LogP contribution in [0.2, 0.25) is 0 Å². The molecule has 0 spiro atoms. The normalized spacial score (nSPS) is 30.7. The van der Waals surface area contributed by atoms with Crippen molar-refractivity contribution in [1.82, 2.24) is 10.6 Å². The van der Waals surface area contributed by atoms with E-state index in [0.29, 0.717) is 6.61 Å². The topological polar surface area (TPSA) is 68.8 Å². The number of fused-ring (bicyclic) bond motifs is 1. The smallest absolute Gasteiger partial charge is 0.315 e. The first-order valence-corrected chi connectivity index (χ1v) is 9.51. The number of rotatable bonds is 4. The lowest BCUT2D eigenvalue weighted by Gasteiger charge is -2.24. The summed E-state index contributed by atoms with van der Waals surface area (Å²) in [7, 11) is 0. The molecule has 0 radical (unpaired) electrons. The van der Waals surface area contributed by atoms with Crippen LogP contribution in [0.3, 0.4) is 0 Å². The molecule has 2 saturated heterocycles.